The van der Waals surface area contributed by atoms with Crippen molar-refractivity contribution < 1.29 is 8.42 Å². The van der Waals surface area contributed by atoms with Crippen LogP contribution in [-0.4, -0.2) is 32.8 Å². The molecular formula is C10H20N2O2S. The Balaban J connectivity index is 2.38. The molecule has 1 saturated carbocycles. The van der Waals surface area contributed by atoms with Gasteiger partial charge in [-0.05, 0) is 12.8 Å². The van der Waals surface area contributed by atoms with Gasteiger partial charge in [-0.25, -0.2) is 8.42 Å². The summed E-state index contributed by atoms with van der Waals surface area (Å²) in [7, 11) is -2.91. The third-order valence-electron chi connectivity index (χ3n) is 2.78. The predicted molar refractivity (Wildman–Crippen MR) is 62.8 cm³/mol. The maximum absolute atomic E-state index is 10.9. The zero-order valence-corrected chi connectivity index (χ0v) is 10.1. The zero-order chi connectivity index (χ0) is 11.3. The first-order valence-corrected chi connectivity index (χ1v) is 7.52. The number of hydrogen-bond acceptors (Lipinski definition) is 3. The number of sulfone groups is 1. The Hall–Kier alpha value is -0.580. The molecule has 15 heavy (non-hydrogen) atoms. The number of hydrogen-bond donors (Lipinski definition) is 1. The number of nitrogens with zero attached hydrogens (tertiary/aromatic N) is 1. The number of amidine groups is 1. The second kappa shape index (κ2) is 5.49. The molecule has 0 aliphatic heterocycles. The Morgan fingerprint density at radius 2 is 1.93 bits per heavy atom. The molecule has 88 valence electrons. The van der Waals surface area contributed by atoms with Crippen LogP contribution in [0.25, 0.3) is 0 Å². The molecule has 1 rings (SSSR count). The Labute approximate surface area is 91.9 Å². The first-order chi connectivity index (χ1) is 6.99. The standard InChI is InChI=1S/C10H20N2O2S/c1-15(13,14)8-7-12-10(11)9-5-3-2-4-6-9/h9H,2-8H2,1H3,(H2,11,12). The molecule has 1 aliphatic carbocycles. The molecule has 1 fully saturated rings. The normalized spacial score (nSPS) is 20.5. The monoisotopic (exact) mass is 232 g/mol. The van der Waals surface area contributed by atoms with Crippen molar-refractivity contribution in [1.82, 2.24) is 0 Å². The molecule has 0 aromatic heterocycles. The number of aliphatic imine (C=N–C) groups is 1. The van der Waals surface area contributed by atoms with Crippen LogP contribution in [0.4, 0.5) is 0 Å². The van der Waals surface area contributed by atoms with Crippen LogP contribution in [0, 0.1) is 5.92 Å². The summed E-state index contributed by atoms with van der Waals surface area (Å²) in [5, 5.41) is 0. The largest absolute Gasteiger partial charge is 0.387 e. The summed E-state index contributed by atoms with van der Waals surface area (Å²) in [5.41, 5.74) is 5.83. The lowest BCUT2D eigenvalue weighted by atomic mass is 9.88. The van der Waals surface area contributed by atoms with Crippen LogP contribution in [0.2, 0.25) is 0 Å². The summed E-state index contributed by atoms with van der Waals surface area (Å²) >= 11 is 0. The van der Waals surface area contributed by atoms with Crippen molar-refractivity contribution in [3.05, 3.63) is 0 Å². The van der Waals surface area contributed by atoms with E-state index < -0.39 is 9.84 Å². The quantitative estimate of drug-likeness (QED) is 0.580. The second-order valence-corrected chi connectivity index (χ2v) is 6.53. The molecule has 0 radical (unpaired) electrons. The van der Waals surface area contributed by atoms with Gasteiger partial charge < -0.3 is 5.73 Å². The number of rotatable bonds is 4. The van der Waals surface area contributed by atoms with Crippen LogP contribution in [0.3, 0.4) is 0 Å². The Kier molecular flexibility index (Phi) is 4.57. The molecule has 0 spiro atoms. The molecule has 0 aromatic carbocycles. The van der Waals surface area contributed by atoms with Crippen molar-refractivity contribution in [1.29, 1.82) is 0 Å². The van der Waals surface area contributed by atoms with Gasteiger partial charge in [-0.3, -0.25) is 4.99 Å². The van der Waals surface area contributed by atoms with E-state index in [1.165, 1.54) is 25.5 Å². The van der Waals surface area contributed by atoms with Gasteiger partial charge >= 0.3 is 0 Å². The molecular weight excluding hydrogens is 212 g/mol. The summed E-state index contributed by atoms with van der Waals surface area (Å²) in [6.07, 6.45) is 7.15. The van der Waals surface area contributed by atoms with Crippen LogP contribution >= 0.6 is 0 Å². The molecule has 0 bridgehead atoms. The molecule has 1 aliphatic rings. The van der Waals surface area contributed by atoms with Crippen molar-refractivity contribution in [2.45, 2.75) is 32.1 Å². The Morgan fingerprint density at radius 3 is 2.47 bits per heavy atom. The molecule has 0 unspecified atom stereocenters. The third-order valence-corrected chi connectivity index (χ3v) is 3.70. The maximum Gasteiger partial charge on any atom is 0.149 e. The van der Waals surface area contributed by atoms with Gasteiger partial charge in [0.25, 0.3) is 0 Å². The van der Waals surface area contributed by atoms with Gasteiger partial charge in [0.05, 0.1) is 18.1 Å². The minimum Gasteiger partial charge on any atom is -0.387 e. The highest BCUT2D eigenvalue weighted by atomic mass is 32.2. The van der Waals surface area contributed by atoms with Crippen LogP contribution in [-0.2, 0) is 9.84 Å². The fourth-order valence-electron chi connectivity index (χ4n) is 1.87. The molecule has 4 nitrogen and oxygen atoms in total. The van der Waals surface area contributed by atoms with Gasteiger partial charge in [-0.15, -0.1) is 0 Å². The van der Waals surface area contributed by atoms with E-state index in [-0.39, 0.29) is 5.75 Å². The minimum absolute atomic E-state index is 0.0976. The molecule has 0 atom stereocenters. The lowest BCUT2D eigenvalue weighted by Gasteiger charge is -2.20. The van der Waals surface area contributed by atoms with E-state index in [2.05, 4.69) is 4.99 Å². The van der Waals surface area contributed by atoms with Crippen LogP contribution in [0.1, 0.15) is 32.1 Å². The van der Waals surface area contributed by atoms with Crippen molar-refractivity contribution in [3.63, 3.8) is 0 Å². The lowest BCUT2D eigenvalue weighted by Crippen LogP contribution is -2.26. The topological polar surface area (TPSA) is 72.5 Å². The van der Waals surface area contributed by atoms with E-state index in [0.717, 1.165) is 12.8 Å². The van der Waals surface area contributed by atoms with Crippen LogP contribution in [0.5, 0.6) is 0 Å². The van der Waals surface area contributed by atoms with Gasteiger partial charge in [-0.2, -0.15) is 0 Å². The van der Waals surface area contributed by atoms with Crippen LogP contribution in [0.15, 0.2) is 4.99 Å². The highest BCUT2D eigenvalue weighted by Gasteiger charge is 2.16. The van der Waals surface area contributed by atoms with Crippen molar-refractivity contribution in [2.75, 3.05) is 18.6 Å². The average Bonchev–Trinajstić information content (AvgIpc) is 2.17. The molecule has 2 N–H and O–H groups in total. The fraction of sp³-hybridized carbons (Fsp3) is 0.900. The van der Waals surface area contributed by atoms with E-state index in [1.54, 1.807) is 0 Å². The van der Waals surface area contributed by atoms with Crippen molar-refractivity contribution in [2.24, 2.45) is 16.6 Å². The third kappa shape index (κ3) is 5.16. The highest BCUT2D eigenvalue weighted by Crippen LogP contribution is 2.23. The van der Waals surface area contributed by atoms with Gasteiger partial charge in [0.1, 0.15) is 9.84 Å². The van der Waals surface area contributed by atoms with Gasteiger partial charge in [-0.1, -0.05) is 19.3 Å². The fourth-order valence-corrected chi connectivity index (χ4v) is 2.29. The Bertz CT molecular complexity index is 316. The molecule has 0 heterocycles. The van der Waals surface area contributed by atoms with E-state index in [4.69, 9.17) is 5.73 Å². The lowest BCUT2D eigenvalue weighted by molar-refractivity contribution is 0.436. The van der Waals surface area contributed by atoms with Gasteiger partial charge in [0, 0.05) is 12.2 Å². The SMILES string of the molecule is CS(=O)(=O)CCN=C(N)C1CCCCC1. The first kappa shape index (κ1) is 12.5. The van der Waals surface area contributed by atoms with E-state index in [1.807, 2.05) is 0 Å². The molecule has 5 heteroatoms. The van der Waals surface area contributed by atoms with E-state index in [0.29, 0.717) is 18.3 Å². The summed E-state index contributed by atoms with van der Waals surface area (Å²) in [6, 6.07) is 0. The highest BCUT2D eigenvalue weighted by molar-refractivity contribution is 7.90. The zero-order valence-electron chi connectivity index (χ0n) is 9.28. The molecule has 0 saturated heterocycles. The van der Waals surface area contributed by atoms with Crippen molar-refractivity contribution >= 4 is 15.7 Å². The second-order valence-electron chi connectivity index (χ2n) is 4.27. The average molecular weight is 232 g/mol. The van der Waals surface area contributed by atoms with E-state index in [9.17, 15) is 8.42 Å². The first-order valence-electron chi connectivity index (χ1n) is 5.46. The van der Waals surface area contributed by atoms with Crippen LogP contribution < -0.4 is 5.73 Å². The summed E-state index contributed by atoms with van der Waals surface area (Å²) in [5.74, 6) is 1.14. The summed E-state index contributed by atoms with van der Waals surface area (Å²) in [6.45, 7) is 0.307. The van der Waals surface area contributed by atoms with Crippen molar-refractivity contribution in [3.8, 4) is 0 Å². The smallest absolute Gasteiger partial charge is 0.149 e. The van der Waals surface area contributed by atoms with Gasteiger partial charge in [0.15, 0.2) is 0 Å². The Morgan fingerprint density at radius 1 is 1.33 bits per heavy atom. The molecule has 0 aromatic rings. The summed E-state index contributed by atoms with van der Waals surface area (Å²) < 4.78 is 21.8. The summed E-state index contributed by atoms with van der Waals surface area (Å²) in [4.78, 5) is 4.15. The van der Waals surface area contributed by atoms with Gasteiger partial charge in [0.2, 0.25) is 0 Å². The number of nitrogens with two attached hydrogens (primary N) is 1. The maximum atomic E-state index is 10.9. The van der Waals surface area contributed by atoms with E-state index >= 15 is 0 Å². The predicted octanol–water partition coefficient (Wildman–Crippen LogP) is 0.968. The molecule has 0 amide bonds. The minimum atomic E-state index is -2.91.